The summed E-state index contributed by atoms with van der Waals surface area (Å²) in [7, 11) is 0. The van der Waals surface area contributed by atoms with Crippen molar-refractivity contribution in [1.29, 1.82) is 0 Å². The molecule has 0 spiro atoms. The van der Waals surface area contributed by atoms with Gasteiger partial charge in [0.2, 0.25) is 0 Å². The largest absolute Gasteiger partial charge is 0.507 e. The van der Waals surface area contributed by atoms with Crippen LogP contribution in [0.1, 0.15) is 23.2 Å². The summed E-state index contributed by atoms with van der Waals surface area (Å²) in [6.07, 6.45) is 1.10. The van der Waals surface area contributed by atoms with Crippen molar-refractivity contribution in [2.75, 3.05) is 6.54 Å². The molecule has 2 aromatic heterocycles. The molecule has 0 saturated heterocycles. The molecular formula is C18H19ClN4OS. The standard InChI is InChI=1S/C18H19ClN4OS/c1-2-23-17(11-22-7-5-16-12(10-22)6-8-25-16)20-18(21-23)14-4-3-13(19)9-15(14)24/h3-4,6,8-9,24H,2,5,7,10-11H2,1H3. The molecule has 0 radical (unpaired) electrons. The van der Waals surface area contributed by atoms with Crippen LogP contribution in [-0.2, 0) is 26.1 Å². The lowest BCUT2D eigenvalue weighted by atomic mass is 10.1. The van der Waals surface area contributed by atoms with Gasteiger partial charge in [0.15, 0.2) is 5.82 Å². The number of hydrogen-bond acceptors (Lipinski definition) is 5. The Bertz CT molecular complexity index is 904. The monoisotopic (exact) mass is 374 g/mol. The number of benzene rings is 1. The second-order valence-electron chi connectivity index (χ2n) is 6.16. The fourth-order valence-electron chi connectivity index (χ4n) is 3.19. The van der Waals surface area contributed by atoms with Gasteiger partial charge in [-0.1, -0.05) is 11.6 Å². The number of aryl methyl sites for hydroxylation is 1. The van der Waals surface area contributed by atoms with Crippen LogP contribution in [0.15, 0.2) is 29.6 Å². The predicted molar refractivity (Wildman–Crippen MR) is 99.9 cm³/mol. The first-order valence-corrected chi connectivity index (χ1v) is 9.60. The van der Waals surface area contributed by atoms with Crippen LogP contribution in [0.2, 0.25) is 5.02 Å². The van der Waals surface area contributed by atoms with E-state index in [2.05, 4.69) is 33.4 Å². The van der Waals surface area contributed by atoms with Gasteiger partial charge in [0.1, 0.15) is 11.6 Å². The number of aromatic nitrogens is 3. The van der Waals surface area contributed by atoms with Gasteiger partial charge >= 0.3 is 0 Å². The Morgan fingerprint density at radius 3 is 3.00 bits per heavy atom. The molecule has 0 bridgehead atoms. The zero-order valence-corrected chi connectivity index (χ0v) is 15.5. The molecule has 1 aliphatic rings. The van der Waals surface area contributed by atoms with Gasteiger partial charge in [0.05, 0.1) is 12.1 Å². The van der Waals surface area contributed by atoms with Crippen molar-refractivity contribution < 1.29 is 5.11 Å². The SMILES string of the molecule is CCn1nc(-c2ccc(Cl)cc2O)nc1CN1CCc2sccc2C1. The van der Waals surface area contributed by atoms with E-state index in [1.807, 2.05) is 16.0 Å². The van der Waals surface area contributed by atoms with Gasteiger partial charge in [-0.2, -0.15) is 5.10 Å². The lowest BCUT2D eigenvalue weighted by molar-refractivity contribution is 0.236. The van der Waals surface area contributed by atoms with Crippen LogP contribution in [0.25, 0.3) is 11.4 Å². The third-order valence-corrected chi connectivity index (χ3v) is 5.76. The zero-order valence-electron chi connectivity index (χ0n) is 13.9. The number of thiophene rings is 1. The fraction of sp³-hybridized carbons (Fsp3) is 0.333. The molecule has 4 rings (SSSR count). The predicted octanol–water partition coefficient (Wildman–Crippen LogP) is 3.94. The molecule has 3 heterocycles. The summed E-state index contributed by atoms with van der Waals surface area (Å²) in [4.78, 5) is 8.59. The maximum absolute atomic E-state index is 10.1. The number of halogens is 1. The molecule has 1 aromatic carbocycles. The van der Waals surface area contributed by atoms with E-state index in [-0.39, 0.29) is 5.75 Å². The number of phenolic OH excluding ortho intramolecular Hbond substituents is 1. The van der Waals surface area contributed by atoms with Crippen LogP contribution < -0.4 is 0 Å². The first-order valence-electron chi connectivity index (χ1n) is 8.34. The number of phenols is 1. The maximum Gasteiger partial charge on any atom is 0.185 e. The highest BCUT2D eigenvalue weighted by atomic mass is 35.5. The molecular weight excluding hydrogens is 356 g/mol. The highest BCUT2D eigenvalue weighted by Crippen LogP contribution is 2.30. The van der Waals surface area contributed by atoms with E-state index in [1.54, 1.807) is 12.1 Å². The minimum absolute atomic E-state index is 0.105. The number of hydrogen-bond donors (Lipinski definition) is 1. The average molecular weight is 375 g/mol. The Balaban J connectivity index is 1.59. The van der Waals surface area contributed by atoms with E-state index >= 15 is 0 Å². The first kappa shape index (κ1) is 16.6. The summed E-state index contributed by atoms with van der Waals surface area (Å²) in [6.45, 7) is 5.54. The first-order chi connectivity index (χ1) is 12.1. The van der Waals surface area contributed by atoms with Crippen LogP contribution in [-0.4, -0.2) is 31.3 Å². The average Bonchev–Trinajstić information content (AvgIpc) is 3.21. The molecule has 1 aliphatic heterocycles. The Morgan fingerprint density at radius 1 is 1.32 bits per heavy atom. The minimum atomic E-state index is 0.105. The minimum Gasteiger partial charge on any atom is -0.507 e. The van der Waals surface area contributed by atoms with Crippen LogP contribution in [0.3, 0.4) is 0 Å². The topological polar surface area (TPSA) is 54.2 Å². The van der Waals surface area contributed by atoms with E-state index in [1.165, 1.54) is 16.5 Å². The summed E-state index contributed by atoms with van der Waals surface area (Å²) in [5.41, 5.74) is 2.03. The number of fused-ring (bicyclic) bond motifs is 1. The van der Waals surface area contributed by atoms with Crippen molar-refractivity contribution in [3.63, 3.8) is 0 Å². The molecule has 0 saturated carbocycles. The molecule has 7 heteroatoms. The van der Waals surface area contributed by atoms with Gasteiger partial charge < -0.3 is 5.11 Å². The Kier molecular flexibility index (Phi) is 4.50. The summed E-state index contributed by atoms with van der Waals surface area (Å²) in [5, 5.41) is 17.4. The van der Waals surface area contributed by atoms with Gasteiger partial charge in [-0.05, 0) is 48.6 Å². The normalized spacial score (nSPS) is 14.6. The number of rotatable bonds is 4. The van der Waals surface area contributed by atoms with E-state index in [0.717, 1.165) is 38.4 Å². The van der Waals surface area contributed by atoms with Gasteiger partial charge in [-0.25, -0.2) is 9.67 Å². The molecule has 0 atom stereocenters. The summed E-state index contributed by atoms with van der Waals surface area (Å²) < 4.78 is 1.91. The molecule has 0 aliphatic carbocycles. The Hall–Kier alpha value is -1.89. The number of nitrogens with zero attached hydrogens (tertiary/aromatic N) is 4. The van der Waals surface area contributed by atoms with Gasteiger partial charge in [-0.15, -0.1) is 11.3 Å². The third-order valence-electron chi connectivity index (χ3n) is 4.50. The second kappa shape index (κ2) is 6.78. The number of aromatic hydroxyl groups is 1. The smallest absolute Gasteiger partial charge is 0.185 e. The van der Waals surface area contributed by atoms with E-state index < -0.39 is 0 Å². The molecule has 130 valence electrons. The molecule has 3 aromatic rings. The fourth-order valence-corrected chi connectivity index (χ4v) is 4.25. The van der Waals surface area contributed by atoms with Gasteiger partial charge in [0, 0.05) is 29.5 Å². The molecule has 0 unspecified atom stereocenters. The van der Waals surface area contributed by atoms with Crippen molar-refractivity contribution in [2.24, 2.45) is 0 Å². The lowest BCUT2D eigenvalue weighted by Gasteiger charge is -2.26. The molecule has 25 heavy (non-hydrogen) atoms. The second-order valence-corrected chi connectivity index (χ2v) is 7.60. The van der Waals surface area contributed by atoms with Gasteiger partial charge in [-0.3, -0.25) is 4.90 Å². The van der Waals surface area contributed by atoms with Crippen molar-refractivity contribution in [3.8, 4) is 17.1 Å². The van der Waals surface area contributed by atoms with E-state index in [4.69, 9.17) is 11.6 Å². The molecule has 0 fully saturated rings. The van der Waals surface area contributed by atoms with Crippen molar-refractivity contribution in [3.05, 3.63) is 50.9 Å². The summed E-state index contributed by atoms with van der Waals surface area (Å²) >= 11 is 7.76. The molecule has 0 amide bonds. The summed E-state index contributed by atoms with van der Waals surface area (Å²) in [6, 6.07) is 7.24. The van der Waals surface area contributed by atoms with Crippen molar-refractivity contribution in [1.82, 2.24) is 19.7 Å². The lowest BCUT2D eigenvalue weighted by Crippen LogP contribution is -2.30. The zero-order chi connectivity index (χ0) is 17.4. The van der Waals surface area contributed by atoms with Crippen molar-refractivity contribution >= 4 is 22.9 Å². The Morgan fingerprint density at radius 2 is 2.20 bits per heavy atom. The highest BCUT2D eigenvalue weighted by molar-refractivity contribution is 7.10. The van der Waals surface area contributed by atoms with E-state index in [0.29, 0.717) is 16.4 Å². The summed E-state index contributed by atoms with van der Waals surface area (Å²) in [5.74, 6) is 1.57. The third kappa shape index (κ3) is 3.29. The Labute approximate surface area is 155 Å². The molecule has 1 N–H and O–H groups in total. The van der Waals surface area contributed by atoms with Gasteiger partial charge in [0.25, 0.3) is 0 Å². The quantitative estimate of drug-likeness (QED) is 0.751. The van der Waals surface area contributed by atoms with Crippen LogP contribution in [0.4, 0.5) is 0 Å². The van der Waals surface area contributed by atoms with E-state index in [9.17, 15) is 5.11 Å². The van der Waals surface area contributed by atoms with Crippen molar-refractivity contribution in [2.45, 2.75) is 33.0 Å². The van der Waals surface area contributed by atoms with Crippen LogP contribution in [0, 0.1) is 0 Å². The van der Waals surface area contributed by atoms with Crippen LogP contribution >= 0.6 is 22.9 Å². The van der Waals surface area contributed by atoms with Crippen LogP contribution in [0.5, 0.6) is 5.75 Å². The highest BCUT2D eigenvalue weighted by Gasteiger charge is 2.21. The maximum atomic E-state index is 10.1. The molecule has 5 nitrogen and oxygen atoms in total.